The Kier molecular flexibility index (Phi) is 4.79. The van der Waals surface area contributed by atoms with Crippen molar-refractivity contribution in [2.45, 2.75) is 52.2 Å². The van der Waals surface area contributed by atoms with Gasteiger partial charge in [-0.05, 0) is 25.8 Å². The molecular formula is C16H26N2. The van der Waals surface area contributed by atoms with Gasteiger partial charge >= 0.3 is 0 Å². The lowest BCUT2D eigenvalue weighted by Crippen LogP contribution is -2.54. The number of hydrogen-bond acceptors (Lipinski definition) is 2. The van der Waals surface area contributed by atoms with E-state index in [-0.39, 0.29) is 0 Å². The summed E-state index contributed by atoms with van der Waals surface area (Å²) < 4.78 is 0. The maximum Gasteiger partial charge on any atom is 0.0237 e. The van der Waals surface area contributed by atoms with Gasteiger partial charge in [0.05, 0.1) is 0 Å². The molecule has 1 aliphatic rings. The molecule has 1 aromatic carbocycles. The minimum Gasteiger partial charge on any atom is -0.311 e. The molecule has 1 heterocycles. The summed E-state index contributed by atoms with van der Waals surface area (Å²) in [5, 5.41) is 3.66. The Balaban J connectivity index is 1.98. The van der Waals surface area contributed by atoms with E-state index in [0.717, 1.165) is 13.1 Å². The molecule has 1 aromatic rings. The van der Waals surface area contributed by atoms with Crippen LogP contribution in [0.3, 0.4) is 0 Å². The van der Waals surface area contributed by atoms with Crippen LogP contribution < -0.4 is 5.32 Å². The van der Waals surface area contributed by atoms with Gasteiger partial charge in [0.15, 0.2) is 0 Å². The number of piperazine rings is 1. The fraction of sp³-hybridized carbons (Fsp3) is 0.625. The second kappa shape index (κ2) is 6.35. The van der Waals surface area contributed by atoms with E-state index >= 15 is 0 Å². The van der Waals surface area contributed by atoms with Gasteiger partial charge in [-0.25, -0.2) is 0 Å². The van der Waals surface area contributed by atoms with Gasteiger partial charge in [-0.2, -0.15) is 0 Å². The highest BCUT2D eigenvalue weighted by Gasteiger charge is 2.24. The van der Waals surface area contributed by atoms with Gasteiger partial charge in [-0.1, -0.05) is 43.2 Å². The molecule has 2 unspecified atom stereocenters. The lowest BCUT2D eigenvalue weighted by Gasteiger charge is -2.39. The van der Waals surface area contributed by atoms with Crippen molar-refractivity contribution < 1.29 is 0 Å². The summed E-state index contributed by atoms with van der Waals surface area (Å²) in [4.78, 5) is 2.62. The van der Waals surface area contributed by atoms with Gasteiger partial charge in [0.1, 0.15) is 0 Å². The second-order valence-corrected chi connectivity index (χ2v) is 5.66. The van der Waals surface area contributed by atoms with Crippen molar-refractivity contribution in [2.75, 3.05) is 13.1 Å². The molecule has 1 N–H and O–H groups in total. The van der Waals surface area contributed by atoms with Crippen LogP contribution in [0.15, 0.2) is 24.3 Å². The Morgan fingerprint density at radius 2 is 2.22 bits per heavy atom. The minimum absolute atomic E-state index is 0.638. The fourth-order valence-corrected chi connectivity index (χ4v) is 2.80. The first kappa shape index (κ1) is 13.6. The lowest BCUT2D eigenvalue weighted by atomic mass is 10.0. The van der Waals surface area contributed by atoms with Crippen LogP contribution in [0.4, 0.5) is 0 Å². The molecule has 0 aromatic heterocycles. The fourth-order valence-electron chi connectivity index (χ4n) is 2.80. The molecule has 2 nitrogen and oxygen atoms in total. The molecule has 2 heteroatoms. The van der Waals surface area contributed by atoms with Crippen LogP contribution >= 0.6 is 0 Å². The third-order valence-corrected chi connectivity index (χ3v) is 3.89. The van der Waals surface area contributed by atoms with E-state index in [9.17, 15) is 0 Å². The smallest absolute Gasteiger partial charge is 0.0237 e. The van der Waals surface area contributed by atoms with Crippen LogP contribution in [0.25, 0.3) is 0 Å². The first-order chi connectivity index (χ1) is 8.69. The van der Waals surface area contributed by atoms with Crippen molar-refractivity contribution in [1.29, 1.82) is 0 Å². The number of benzene rings is 1. The van der Waals surface area contributed by atoms with Gasteiger partial charge in [0, 0.05) is 31.7 Å². The van der Waals surface area contributed by atoms with Crippen LogP contribution in [0.5, 0.6) is 0 Å². The summed E-state index contributed by atoms with van der Waals surface area (Å²) >= 11 is 0. The van der Waals surface area contributed by atoms with Crippen molar-refractivity contribution in [3.8, 4) is 0 Å². The van der Waals surface area contributed by atoms with E-state index in [4.69, 9.17) is 0 Å². The Morgan fingerprint density at radius 1 is 1.39 bits per heavy atom. The Labute approximate surface area is 111 Å². The van der Waals surface area contributed by atoms with Crippen LogP contribution in [0.2, 0.25) is 0 Å². The molecule has 100 valence electrons. The van der Waals surface area contributed by atoms with Crippen LogP contribution in [-0.2, 0) is 6.54 Å². The summed E-state index contributed by atoms with van der Waals surface area (Å²) in [6, 6.07) is 10.2. The maximum absolute atomic E-state index is 3.66. The topological polar surface area (TPSA) is 15.3 Å². The zero-order valence-corrected chi connectivity index (χ0v) is 11.9. The lowest BCUT2D eigenvalue weighted by molar-refractivity contribution is 0.129. The summed E-state index contributed by atoms with van der Waals surface area (Å²) in [6.45, 7) is 10.2. The standard InChI is InChI=1S/C16H26N2/c1-4-6-16-12-18(14(3)10-17-16)11-15-8-5-7-13(2)9-15/h5,7-9,14,16-17H,4,6,10-12H2,1-3H3. The van der Waals surface area contributed by atoms with E-state index in [0.29, 0.717) is 12.1 Å². The molecule has 0 amide bonds. The van der Waals surface area contributed by atoms with Crippen molar-refractivity contribution in [3.05, 3.63) is 35.4 Å². The quantitative estimate of drug-likeness (QED) is 0.878. The molecule has 0 spiro atoms. The summed E-state index contributed by atoms with van der Waals surface area (Å²) in [6.07, 6.45) is 2.56. The van der Waals surface area contributed by atoms with E-state index in [2.05, 4.69) is 55.3 Å². The molecule has 18 heavy (non-hydrogen) atoms. The van der Waals surface area contributed by atoms with Gasteiger partial charge in [0.25, 0.3) is 0 Å². The minimum atomic E-state index is 0.638. The predicted octanol–water partition coefficient (Wildman–Crippen LogP) is 2.96. The molecule has 1 aliphatic heterocycles. The Hall–Kier alpha value is -0.860. The van der Waals surface area contributed by atoms with E-state index in [1.165, 1.54) is 30.5 Å². The average molecular weight is 246 g/mol. The molecule has 2 atom stereocenters. The third-order valence-electron chi connectivity index (χ3n) is 3.89. The number of nitrogens with one attached hydrogen (secondary N) is 1. The molecule has 1 fully saturated rings. The van der Waals surface area contributed by atoms with Crippen LogP contribution in [0, 0.1) is 6.92 Å². The zero-order valence-electron chi connectivity index (χ0n) is 11.9. The second-order valence-electron chi connectivity index (χ2n) is 5.66. The van der Waals surface area contributed by atoms with Crippen molar-refractivity contribution in [1.82, 2.24) is 10.2 Å². The average Bonchev–Trinajstić information content (AvgIpc) is 2.34. The first-order valence-electron chi connectivity index (χ1n) is 7.22. The number of nitrogens with zero attached hydrogens (tertiary/aromatic N) is 1. The number of aryl methyl sites for hydroxylation is 1. The molecular weight excluding hydrogens is 220 g/mol. The highest BCUT2D eigenvalue weighted by molar-refractivity contribution is 5.22. The summed E-state index contributed by atoms with van der Waals surface area (Å²) in [5.41, 5.74) is 2.80. The zero-order chi connectivity index (χ0) is 13.0. The highest BCUT2D eigenvalue weighted by atomic mass is 15.2. The summed E-state index contributed by atoms with van der Waals surface area (Å²) in [5.74, 6) is 0. The molecule has 0 radical (unpaired) electrons. The number of hydrogen-bond donors (Lipinski definition) is 1. The van der Waals surface area contributed by atoms with Crippen LogP contribution in [0.1, 0.15) is 37.8 Å². The third kappa shape index (κ3) is 3.56. The maximum atomic E-state index is 3.66. The SMILES string of the molecule is CCCC1CN(Cc2cccc(C)c2)C(C)CN1. The van der Waals surface area contributed by atoms with Crippen molar-refractivity contribution in [2.24, 2.45) is 0 Å². The van der Waals surface area contributed by atoms with E-state index in [1.54, 1.807) is 0 Å². The molecule has 0 saturated carbocycles. The van der Waals surface area contributed by atoms with E-state index < -0.39 is 0 Å². The summed E-state index contributed by atoms with van der Waals surface area (Å²) in [7, 11) is 0. The molecule has 0 aliphatic carbocycles. The van der Waals surface area contributed by atoms with E-state index in [1.807, 2.05) is 0 Å². The van der Waals surface area contributed by atoms with Crippen LogP contribution in [-0.4, -0.2) is 30.1 Å². The molecule has 1 saturated heterocycles. The Bertz CT molecular complexity index is 375. The number of rotatable bonds is 4. The monoisotopic (exact) mass is 246 g/mol. The van der Waals surface area contributed by atoms with Gasteiger partial charge in [-0.3, -0.25) is 4.90 Å². The molecule has 2 rings (SSSR count). The largest absolute Gasteiger partial charge is 0.311 e. The first-order valence-corrected chi connectivity index (χ1v) is 7.22. The van der Waals surface area contributed by atoms with Gasteiger partial charge in [0.2, 0.25) is 0 Å². The molecule has 0 bridgehead atoms. The normalized spacial score (nSPS) is 25.3. The highest BCUT2D eigenvalue weighted by Crippen LogP contribution is 2.15. The van der Waals surface area contributed by atoms with Crippen molar-refractivity contribution in [3.63, 3.8) is 0 Å². The Morgan fingerprint density at radius 3 is 2.94 bits per heavy atom. The predicted molar refractivity (Wildman–Crippen MR) is 77.7 cm³/mol. The van der Waals surface area contributed by atoms with Gasteiger partial charge in [-0.15, -0.1) is 0 Å². The van der Waals surface area contributed by atoms with Gasteiger partial charge < -0.3 is 5.32 Å². The van der Waals surface area contributed by atoms with Crippen molar-refractivity contribution >= 4 is 0 Å².